The second-order valence-corrected chi connectivity index (χ2v) is 7.03. The highest BCUT2D eigenvalue weighted by Crippen LogP contribution is 2.35. The summed E-state index contributed by atoms with van der Waals surface area (Å²) >= 11 is 0.690. The molecule has 0 spiro atoms. The van der Waals surface area contributed by atoms with Gasteiger partial charge >= 0.3 is 11.9 Å². The minimum Gasteiger partial charge on any atom is -0.478 e. The van der Waals surface area contributed by atoms with E-state index in [0.29, 0.717) is 23.1 Å². The van der Waals surface area contributed by atoms with Gasteiger partial charge in [0.1, 0.15) is 17.6 Å². The number of carboxylic acid groups (broad SMARTS) is 1. The Bertz CT molecular complexity index is 1020. The Morgan fingerprint density at radius 2 is 1.97 bits per heavy atom. The van der Waals surface area contributed by atoms with E-state index < -0.39 is 29.1 Å². The highest BCUT2D eigenvalue weighted by atomic mass is 32.2. The van der Waals surface area contributed by atoms with E-state index in [9.17, 15) is 24.3 Å². The monoisotopic (exact) mass is 415 g/mol. The lowest BCUT2D eigenvalue weighted by molar-refractivity contribution is -0.150. The predicted octanol–water partition coefficient (Wildman–Crippen LogP) is 3.63. The first-order valence-electron chi connectivity index (χ1n) is 8.69. The summed E-state index contributed by atoms with van der Waals surface area (Å²) in [5.74, 6) is -1.79. The number of esters is 1. The van der Waals surface area contributed by atoms with Crippen molar-refractivity contribution in [3.05, 3.63) is 52.6 Å². The number of hydrogen-bond donors (Lipinski definition) is 1. The molecule has 2 aromatic rings. The maximum absolute atomic E-state index is 12.6. The fraction of sp³-hybridized carbons (Fsp3) is 0.200. The third kappa shape index (κ3) is 4.09. The summed E-state index contributed by atoms with van der Waals surface area (Å²) in [4.78, 5) is 49.0. The third-order valence-electron chi connectivity index (χ3n) is 4.16. The van der Waals surface area contributed by atoms with Gasteiger partial charge in [0.2, 0.25) is 0 Å². The summed E-state index contributed by atoms with van der Waals surface area (Å²) in [6.07, 6.45) is 1.38. The van der Waals surface area contributed by atoms with Crippen LogP contribution in [-0.2, 0) is 14.3 Å². The van der Waals surface area contributed by atoms with Crippen LogP contribution in [0.3, 0.4) is 0 Å². The number of carboxylic acids is 1. The number of furan rings is 1. The van der Waals surface area contributed by atoms with E-state index in [0.717, 1.165) is 4.90 Å². The molecular formula is C20H17NO7S. The lowest BCUT2D eigenvalue weighted by Crippen LogP contribution is -2.42. The molecule has 9 heteroatoms. The van der Waals surface area contributed by atoms with Gasteiger partial charge in [0.05, 0.1) is 17.1 Å². The van der Waals surface area contributed by atoms with Gasteiger partial charge in [-0.25, -0.2) is 9.59 Å². The van der Waals surface area contributed by atoms with Crippen LogP contribution in [-0.4, -0.2) is 45.7 Å². The Kier molecular flexibility index (Phi) is 5.88. The van der Waals surface area contributed by atoms with Crippen molar-refractivity contribution < 1.29 is 33.4 Å². The molecule has 0 saturated carbocycles. The largest absolute Gasteiger partial charge is 0.478 e. The molecule has 2 heterocycles. The maximum atomic E-state index is 12.6. The molecule has 1 saturated heterocycles. The van der Waals surface area contributed by atoms with Gasteiger partial charge in [-0.2, -0.15) is 0 Å². The molecule has 1 aliphatic heterocycles. The predicted molar refractivity (Wildman–Crippen MR) is 105 cm³/mol. The molecule has 8 nitrogen and oxygen atoms in total. The minimum atomic E-state index is -1.09. The molecule has 3 rings (SSSR count). The van der Waals surface area contributed by atoms with E-state index in [-0.39, 0.29) is 22.8 Å². The number of ether oxygens (including phenoxy) is 1. The normalized spacial score (nSPS) is 16.3. The molecule has 0 bridgehead atoms. The van der Waals surface area contributed by atoms with Crippen LogP contribution in [0.25, 0.3) is 17.4 Å². The highest BCUT2D eigenvalue weighted by Gasteiger charge is 2.41. The first-order valence-corrected chi connectivity index (χ1v) is 9.51. The van der Waals surface area contributed by atoms with E-state index in [2.05, 4.69) is 0 Å². The van der Waals surface area contributed by atoms with Crippen molar-refractivity contribution in [1.82, 2.24) is 4.90 Å². The van der Waals surface area contributed by atoms with Gasteiger partial charge in [-0.15, -0.1) is 0 Å². The zero-order valence-electron chi connectivity index (χ0n) is 15.6. The number of hydrogen-bond acceptors (Lipinski definition) is 7. The number of thioether (sulfide) groups is 1. The Hall–Kier alpha value is -3.33. The molecule has 29 heavy (non-hydrogen) atoms. The Balaban J connectivity index is 1.86. The number of carbonyl (C=O) groups excluding carboxylic acids is 3. The number of nitrogens with zero attached hydrogens (tertiary/aromatic N) is 1. The minimum absolute atomic E-state index is 0.0805. The molecular weight excluding hydrogens is 398 g/mol. The first-order chi connectivity index (χ1) is 13.8. The molecule has 0 aliphatic carbocycles. The number of aromatic carboxylic acids is 1. The molecule has 0 radical (unpaired) electrons. The number of carbonyl (C=O) groups is 4. The summed E-state index contributed by atoms with van der Waals surface area (Å²) in [7, 11) is 0. The van der Waals surface area contributed by atoms with Gasteiger partial charge in [-0.1, -0.05) is 18.2 Å². The fourth-order valence-electron chi connectivity index (χ4n) is 2.77. The first kappa shape index (κ1) is 20.4. The van der Waals surface area contributed by atoms with Crippen LogP contribution < -0.4 is 0 Å². The topological polar surface area (TPSA) is 114 Å². The van der Waals surface area contributed by atoms with Crippen LogP contribution in [0, 0.1) is 0 Å². The van der Waals surface area contributed by atoms with Crippen LogP contribution in [0.2, 0.25) is 0 Å². The summed E-state index contributed by atoms with van der Waals surface area (Å²) in [5, 5.41) is 8.73. The van der Waals surface area contributed by atoms with E-state index in [1.165, 1.54) is 19.1 Å². The second kappa shape index (κ2) is 8.36. The third-order valence-corrected chi connectivity index (χ3v) is 5.05. The summed E-state index contributed by atoms with van der Waals surface area (Å²) < 4.78 is 10.5. The van der Waals surface area contributed by atoms with Gasteiger partial charge in [0, 0.05) is 11.6 Å². The van der Waals surface area contributed by atoms with Crippen molar-refractivity contribution in [3.63, 3.8) is 0 Å². The van der Waals surface area contributed by atoms with Crippen LogP contribution in [0.4, 0.5) is 4.79 Å². The van der Waals surface area contributed by atoms with E-state index in [1.54, 1.807) is 37.3 Å². The van der Waals surface area contributed by atoms with Gasteiger partial charge in [0.25, 0.3) is 11.1 Å². The van der Waals surface area contributed by atoms with Crippen molar-refractivity contribution in [3.8, 4) is 11.3 Å². The molecule has 1 aromatic carbocycles. The van der Waals surface area contributed by atoms with Crippen molar-refractivity contribution in [2.24, 2.45) is 0 Å². The lowest BCUT2D eigenvalue weighted by atomic mass is 10.1. The fourth-order valence-corrected chi connectivity index (χ4v) is 3.66. The number of imide groups is 1. The second-order valence-electron chi connectivity index (χ2n) is 6.03. The molecule has 150 valence electrons. The van der Waals surface area contributed by atoms with Crippen molar-refractivity contribution >= 4 is 40.9 Å². The van der Waals surface area contributed by atoms with E-state index >= 15 is 0 Å². The van der Waals surface area contributed by atoms with Crippen LogP contribution >= 0.6 is 11.8 Å². The van der Waals surface area contributed by atoms with Crippen LogP contribution in [0.5, 0.6) is 0 Å². The standard InChI is InChI=1S/C20H17NO7S/c1-3-27-19(25)11(2)21-17(22)16(29-20(21)26)10-12-8-9-15(28-12)13-6-4-5-7-14(13)18(23)24/h4-11H,3H2,1-2H3,(H,23,24)/b16-10+. The van der Waals surface area contributed by atoms with Crippen molar-refractivity contribution in [1.29, 1.82) is 0 Å². The lowest BCUT2D eigenvalue weighted by Gasteiger charge is -2.19. The molecule has 1 atom stereocenters. The quantitative estimate of drug-likeness (QED) is 0.562. The summed E-state index contributed by atoms with van der Waals surface area (Å²) in [6, 6.07) is 8.48. The molecule has 1 fully saturated rings. The Morgan fingerprint density at radius 1 is 1.24 bits per heavy atom. The van der Waals surface area contributed by atoms with Crippen molar-refractivity contribution in [2.75, 3.05) is 6.61 Å². The number of rotatable bonds is 6. The SMILES string of the molecule is CCOC(=O)C(C)N1C(=O)S/C(=C/c2ccc(-c3ccccc3C(=O)O)o2)C1=O. The van der Waals surface area contributed by atoms with Gasteiger partial charge in [0.15, 0.2) is 0 Å². The molecule has 1 N–H and O–H groups in total. The summed E-state index contributed by atoms with van der Waals surface area (Å²) in [6.45, 7) is 3.20. The maximum Gasteiger partial charge on any atom is 0.336 e. The molecule has 2 amide bonds. The zero-order valence-corrected chi connectivity index (χ0v) is 16.4. The molecule has 1 aromatic heterocycles. The van der Waals surface area contributed by atoms with Gasteiger partial charge in [-0.3, -0.25) is 14.5 Å². The van der Waals surface area contributed by atoms with Crippen LogP contribution in [0.1, 0.15) is 30.0 Å². The smallest absolute Gasteiger partial charge is 0.336 e. The van der Waals surface area contributed by atoms with E-state index in [4.69, 9.17) is 9.15 Å². The van der Waals surface area contributed by atoms with Gasteiger partial charge in [-0.05, 0) is 43.8 Å². The summed E-state index contributed by atoms with van der Waals surface area (Å²) in [5.41, 5.74) is 0.473. The number of amides is 2. The molecule has 1 aliphatic rings. The van der Waals surface area contributed by atoms with Crippen molar-refractivity contribution in [2.45, 2.75) is 19.9 Å². The Morgan fingerprint density at radius 3 is 2.66 bits per heavy atom. The Labute approximate surface area is 170 Å². The van der Waals surface area contributed by atoms with Crippen LogP contribution in [0.15, 0.2) is 45.7 Å². The van der Waals surface area contributed by atoms with Gasteiger partial charge < -0.3 is 14.3 Å². The zero-order chi connectivity index (χ0) is 21.1. The van der Waals surface area contributed by atoms with E-state index in [1.807, 2.05) is 0 Å². The number of benzene rings is 1. The molecule has 1 unspecified atom stereocenters. The average Bonchev–Trinajstić information content (AvgIpc) is 3.26. The average molecular weight is 415 g/mol. The highest BCUT2D eigenvalue weighted by molar-refractivity contribution is 8.18.